The van der Waals surface area contributed by atoms with Crippen LogP contribution in [0.1, 0.15) is 32.3 Å². The largest absolute Gasteiger partial charge is 0.524 e. The molecule has 140 valence electrons. The molecule has 0 aromatic heterocycles. The zero-order valence-electron chi connectivity index (χ0n) is 15.0. The summed E-state index contributed by atoms with van der Waals surface area (Å²) in [5, 5.41) is 1.59. The number of hydrogen-bond acceptors (Lipinski definition) is 3. The molecule has 26 heavy (non-hydrogen) atoms. The number of allylic oxidation sites excluding steroid dienone is 1. The number of hydrogen-bond donors (Lipinski definition) is 2. The summed E-state index contributed by atoms with van der Waals surface area (Å²) in [6.07, 6.45) is 4.11. The summed E-state index contributed by atoms with van der Waals surface area (Å²) in [6, 6.07) is 9.23. The van der Waals surface area contributed by atoms with Gasteiger partial charge in [0.1, 0.15) is 5.75 Å². The molecule has 0 unspecified atom stereocenters. The molecule has 0 amide bonds. The predicted octanol–water partition coefficient (Wildman–Crippen LogP) is 4.81. The first kappa shape index (κ1) is 19.2. The number of phosphoric acid groups is 1. The summed E-state index contributed by atoms with van der Waals surface area (Å²) in [5.41, 5.74) is 1.73. The predicted molar refractivity (Wildman–Crippen MR) is 106 cm³/mol. The van der Waals surface area contributed by atoms with E-state index in [0.29, 0.717) is 11.3 Å². The maximum Gasteiger partial charge on any atom is 0.524 e. The molecular weight excluding hydrogens is 373 g/mol. The van der Waals surface area contributed by atoms with Crippen LogP contribution < -0.4 is 9.42 Å². The van der Waals surface area contributed by atoms with E-state index in [1.807, 2.05) is 37.3 Å². The molecule has 2 aromatic carbocycles. The molecule has 0 saturated heterocycles. The normalized spacial score (nSPS) is 17.9. The molecule has 0 saturated carbocycles. The fraction of sp³-hybridized carbons (Fsp3) is 0.368. The van der Waals surface area contributed by atoms with E-state index in [4.69, 9.17) is 16.1 Å². The van der Waals surface area contributed by atoms with Crippen molar-refractivity contribution < 1.29 is 18.9 Å². The lowest BCUT2D eigenvalue weighted by Crippen LogP contribution is -2.41. The van der Waals surface area contributed by atoms with Gasteiger partial charge in [-0.05, 0) is 31.7 Å². The van der Waals surface area contributed by atoms with Crippen LogP contribution in [-0.4, -0.2) is 27.8 Å². The molecule has 2 N–H and O–H groups in total. The second-order valence-corrected chi connectivity index (χ2v) is 8.52. The first-order valence-corrected chi connectivity index (χ1v) is 10.5. The monoisotopic (exact) mass is 395 g/mol. The molecule has 0 aliphatic carbocycles. The average Bonchev–Trinajstić information content (AvgIpc) is 2.93. The fourth-order valence-corrected chi connectivity index (χ4v) is 4.45. The molecule has 5 nitrogen and oxygen atoms in total. The number of anilines is 1. The van der Waals surface area contributed by atoms with Crippen molar-refractivity contribution in [1.29, 1.82) is 0 Å². The van der Waals surface area contributed by atoms with Gasteiger partial charge in [-0.3, -0.25) is 9.79 Å². The number of phosphoric ester groups is 1. The van der Waals surface area contributed by atoms with Gasteiger partial charge in [-0.1, -0.05) is 36.4 Å². The summed E-state index contributed by atoms with van der Waals surface area (Å²) >= 11 is 6.27. The van der Waals surface area contributed by atoms with Crippen LogP contribution in [0.4, 0.5) is 5.69 Å². The van der Waals surface area contributed by atoms with E-state index in [2.05, 4.69) is 24.8 Å². The summed E-state index contributed by atoms with van der Waals surface area (Å²) in [6.45, 7) is 6.91. The molecule has 1 aliphatic rings. The number of alkyl halides is 1. The minimum Gasteiger partial charge on any atom is -0.404 e. The van der Waals surface area contributed by atoms with Crippen molar-refractivity contribution in [2.45, 2.75) is 32.2 Å². The van der Waals surface area contributed by atoms with Gasteiger partial charge in [0.15, 0.2) is 0 Å². The van der Waals surface area contributed by atoms with E-state index in [1.165, 1.54) is 0 Å². The Hall–Kier alpha value is -1.52. The number of halogens is 1. The molecule has 0 bridgehead atoms. The minimum absolute atomic E-state index is 0.130. The van der Waals surface area contributed by atoms with Crippen LogP contribution in [0.2, 0.25) is 0 Å². The van der Waals surface area contributed by atoms with Crippen LogP contribution in [0.25, 0.3) is 10.8 Å². The van der Waals surface area contributed by atoms with Gasteiger partial charge in [0.05, 0.1) is 5.54 Å². The number of fused-ring (bicyclic) bond motifs is 3. The van der Waals surface area contributed by atoms with Crippen LogP contribution in [-0.2, 0) is 4.57 Å². The molecule has 0 radical (unpaired) electrons. The van der Waals surface area contributed by atoms with Gasteiger partial charge in [-0.25, -0.2) is 4.57 Å². The van der Waals surface area contributed by atoms with Crippen LogP contribution in [0.3, 0.4) is 0 Å². The average molecular weight is 396 g/mol. The van der Waals surface area contributed by atoms with Crippen molar-refractivity contribution >= 4 is 35.9 Å². The van der Waals surface area contributed by atoms with Gasteiger partial charge in [-0.2, -0.15) is 0 Å². The number of nitrogens with zero attached hydrogens (tertiary/aromatic N) is 1. The smallest absolute Gasteiger partial charge is 0.404 e. The van der Waals surface area contributed by atoms with Crippen LogP contribution >= 0.6 is 19.4 Å². The Morgan fingerprint density at radius 1 is 1.35 bits per heavy atom. The molecule has 0 fully saturated rings. The molecule has 1 atom stereocenters. The first-order chi connectivity index (χ1) is 12.2. The lowest BCUT2D eigenvalue weighted by molar-refractivity contribution is 0.284. The molecule has 2 aromatic rings. The topological polar surface area (TPSA) is 70.0 Å². The van der Waals surface area contributed by atoms with Crippen molar-refractivity contribution in [2.75, 3.05) is 17.3 Å². The third-order valence-corrected chi connectivity index (χ3v) is 5.61. The van der Waals surface area contributed by atoms with Gasteiger partial charge >= 0.3 is 7.82 Å². The van der Waals surface area contributed by atoms with E-state index in [1.54, 1.807) is 6.07 Å². The zero-order chi connectivity index (χ0) is 19.1. The van der Waals surface area contributed by atoms with Crippen molar-refractivity contribution in [2.24, 2.45) is 0 Å². The minimum atomic E-state index is -4.67. The third kappa shape index (κ3) is 3.49. The number of rotatable bonds is 5. The molecule has 1 aliphatic heterocycles. The Bertz CT molecular complexity index is 906. The Balaban J connectivity index is 2.29. The SMILES string of the molecule is C/C=C\C(C)(C)N1C[C@@H](CCl)c2c1cc(OP(=O)(O)O)c1ccccc21. The molecular formula is C19H23ClNO4P. The first-order valence-electron chi connectivity index (χ1n) is 8.46. The maximum atomic E-state index is 11.5. The Kier molecular flexibility index (Phi) is 5.11. The molecule has 7 heteroatoms. The van der Waals surface area contributed by atoms with E-state index in [0.717, 1.165) is 23.2 Å². The summed E-state index contributed by atoms with van der Waals surface area (Å²) in [4.78, 5) is 20.9. The summed E-state index contributed by atoms with van der Waals surface area (Å²) in [7, 11) is -4.67. The molecule has 3 rings (SSSR count). The van der Waals surface area contributed by atoms with Gasteiger partial charge < -0.3 is 9.42 Å². The standard InChI is InChI=1S/C19H23ClNO4P/c1-4-9-19(2,3)21-12-13(11-20)18-15-8-6-5-7-14(15)17(10-16(18)21)25-26(22,23)24/h4-10,13H,11-12H2,1-3H3,(H2,22,23,24)/b9-4-/t13-/m1/s1. The highest BCUT2D eigenvalue weighted by Gasteiger charge is 2.37. The van der Waals surface area contributed by atoms with E-state index >= 15 is 0 Å². The van der Waals surface area contributed by atoms with Gasteiger partial charge in [0.2, 0.25) is 0 Å². The highest BCUT2D eigenvalue weighted by atomic mass is 35.5. The Morgan fingerprint density at radius 2 is 2.00 bits per heavy atom. The van der Waals surface area contributed by atoms with Gasteiger partial charge in [0, 0.05) is 35.5 Å². The fourth-order valence-electron chi connectivity index (χ4n) is 3.79. The van der Waals surface area contributed by atoms with Crippen LogP contribution in [0, 0.1) is 0 Å². The van der Waals surface area contributed by atoms with Gasteiger partial charge in [-0.15, -0.1) is 11.6 Å². The third-order valence-electron chi connectivity index (χ3n) is 4.80. The Morgan fingerprint density at radius 3 is 2.58 bits per heavy atom. The second kappa shape index (κ2) is 6.90. The second-order valence-electron chi connectivity index (χ2n) is 7.05. The highest BCUT2D eigenvalue weighted by Crippen LogP contribution is 2.50. The van der Waals surface area contributed by atoms with Crippen LogP contribution in [0.5, 0.6) is 5.75 Å². The summed E-state index contributed by atoms with van der Waals surface area (Å²) < 4.78 is 16.5. The van der Waals surface area contributed by atoms with E-state index in [-0.39, 0.29) is 17.2 Å². The lowest BCUT2D eigenvalue weighted by atomic mass is 9.95. The number of benzene rings is 2. The van der Waals surface area contributed by atoms with E-state index < -0.39 is 7.82 Å². The van der Waals surface area contributed by atoms with Crippen molar-refractivity contribution in [3.63, 3.8) is 0 Å². The van der Waals surface area contributed by atoms with Crippen molar-refractivity contribution in [1.82, 2.24) is 0 Å². The Labute approximate surface area is 158 Å². The van der Waals surface area contributed by atoms with Crippen molar-refractivity contribution in [3.8, 4) is 5.75 Å². The van der Waals surface area contributed by atoms with E-state index in [9.17, 15) is 14.4 Å². The maximum absolute atomic E-state index is 11.5. The zero-order valence-corrected chi connectivity index (χ0v) is 16.7. The van der Waals surface area contributed by atoms with Crippen molar-refractivity contribution in [3.05, 3.63) is 48.0 Å². The van der Waals surface area contributed by atoms with Crippen LogP contribution in [0.15, 0.2) is 42.5 Å². The summed E-state index contributed by atoms with van der Waals surface area (Å²) in [5.74, 6) is 0.785. The lowest BCUT2D eigenvalue weighted by Gasteiger charge is -2.36. The molecule has 0 spiro atoms. The highest BCUT2D eigenvalue weighted by molar-refractivity contribution is 7.46. The van der Waals surface area contributed by atoms with Gasteiger partial charge in [0.25, 0.3) is 0 Å². The quantitative estimate of drug-likeness (QED) is 0.432. The molecule has 1 heterocycles.